The van der Waals surface area contributed by atoms with Gasteiger partial charge in [0.1, 0.15) is 0 Å². The summed E-state index contributed by atoms with van der Waals surface area (Å²) in [6, 6.07) is 14.2. The minimum Gasteiger partial charge on any atom is -0.207 e. The molecule has 1 unspecified atom stereocenters. The van der Waals surface area contributed by atoms with Gasteiger partial charge >= 0.3 is 0 Å². The molecule has 2 rings (SSSR count). The molecule has 2 aromatic carbocycles. The lowest BCUT2D eigenvalue weighted by Gasteiger charge is -2.11. The standard InChI is InChI=1S/C17H20ClNO2S/c1-3-13(2)15-7-9-17(10-8-15)22(20,21)19-12-14-5-4-6-16(18)11-14/h4-11,13,19H,3,12H2,1-2H3. The van der Waals surface area contributed by atoms with Crippen molar-refractivity contribution < 1.29 is 8.42 Å². The highest BCUT2D eigenvalue weighted by Gasteiger charge is 2.14. The third-order valence-electron chi connectivity index (χ3n) is 3.73. The molecule has 0 aliphatic rings. The van der Waals surface area contributed by atoms with Crippen molar-refractivity contribution in [1.82, 2.24) is 4.72 Å². The van der Waals surface area contributed by atoms with Crippen molar-refractivity contribution in [2.24, 2.45) is 0 Å². The van der Waals surface area contributed by atoms with Gasteiger partial charge in [-0.15, -0.1) is 0 Å². The highest BCUT2D eigenvalue weighted by molar-refractivity contribution is 7.89. The maximum absolute atomic E-state index is 12.3. The molecule has 0 aromatic heterocycles. The zero-order chi connectivity index (χ0) is 16.2. The van der Waals surface area contributed by atoms with Crippen molar-refractivity contribution in [2.75, 3.05) is 0 Å². The van der Waals surface area contributed by atoms with Crippen LogP contribution in [-0.2, 0) is 16.6 Å². The molecule has 1 atom stereocenters. The summed E-state index contributed by atoms with van der Waals surface area (Å²) in [5.41, 5.74) is 1.98. The summed E-state index contributed by atoms with van der Waals surface area (Å²) >= 11 is 5.90. The normalized spacial score (nSPS) is 13.0. The van der Waals surface area contributed by atoms with Crippen LogP contribution in [0.1, 0.15) is 37.3 Å². The first kappa shape index (κ1) is 17.0. The molecule has 118 valence electrons. The zero-order valence-corrected chi connectivity index (χ0v) is 14.3. The van der Waals surface area contributed by atoms with Crippen LogP contribution in [0.25, 0.3) is 0 Å². The average molecular weight is 338 g/mol. The van der Waals surface area contributed by atoms with Gasteiger partial charge in [-0.2, -0.15) is 0 Å². The first-order valence-electron chi connectivity index (χ1n) is 7.26. The highest BCUT2D eigenvalue weighted by atomic mass is 35.5. The second kappa shape index (κ2) is 7.27. The van der Waals surface area contributed by atoms with Gasteiger partial charge in [-0.25, -0.2) is 13.1 Å². The minimum absolute atomic E-state index is 0.218. The van der Waals surface area contributed by atoms with Crippen molar-refractivity contribution in [1.29, 1.82) is 0 Å². The third kappa shape index (κ3) is 4.32. The van der Waals surface area contributed by atoms with Gasteiger partial charge in [0.2, 0.25) is 10.0 Å². The molecule has 2 aromatic rings. The van der Waals surface area contributed by atoms with Crippen LogP contribution in [-0.4, -0.2) is 8.42 Å². The Hall–Kier alpha value is -1.36. The molecule has 0 radical (unpaired) electrons. The van der Waals surface area contributed by atoms with E-state index in [9.17, 15) is 8.42 Å². The molecular weight excluding hydrogens is 318 g/mol. The number of hydrogen-bond donors (Lipinski definition) is 1. The van der Waals surface area contributed by atoms with E-state index in [0.717, 1.165) is 17.5 Å². The summed E-state index contributed by atoms with van der Waals surface area (Å²) in [5.74, 6) is 0.427. The number of benzene rings is 2. The largest absolute Gasteiger partial charge is 0.240 e. The monoisotopic (exact) mass is 337 g/mol. The van der Waals surface area contributed by atoms with Gasteiger partial charge in [-0.1, -0.05) is 49.7 Å². The van der Waals surface area contributed by atoms with Crippen LogP contribution in [0, 0.1) is 0 Å². The Morgan fingerprint density at radius 2 is 1.82 bits per heavy atom. The fourth-order valence-corrected chi connectivity index (χ4v) is 3.35. The number of rotatable bonds is 6. The van der Waals surface area contributed by atoms with Crippen molar-refractivity contribution in [3.8, 4) is 0 Å². The molecule has 1 N–H and O–H groups in total. The maximum Gasteiger partial charge on any atom is 0.240 e. The van der Waals surface area contributed by atoms with Crippen molar-refractivity contribution >= 4 is 21.6 Å². The molecular formula is C17H20ClNO2S. The SMILES string of the molecule is CCC(C)c1ccc(S(=O)(=O)NCc2cccc(Cl)c2)cc1. The van der Waals surface area contributed by atoms with Gasteiger partial charge in [0.15, 0.2) is 0 Å². The first-order chi connectivity index (χ1) is 10.4. The minimum atomic E-state index is -3.51. The fraction of sp³-hybridized carbons (Fsp3) is 0.294. The van der Waals surface area contributed by atoms with Gasteiger partial charge in [0, 0.05) is 11.6 Å². The van der Waals surface area contributed by atoms with Crippen LogP contribution in [0.2, 0.25) is 5.02 Å². The Morgan fingerprint density at radius 1 is 1.14 bits per heavy atom. The summed E-state index contributed by atoms with van der Waals surface area (Å²) in [6.07, 6.45) is 1.03. The Labute approximate surface area is 137 Å². The molecule has 0 fully saturated rings. The lowest BCUT2D eigenvalue weighted by atomic mass is 9.99. The fourth-order valence-electron chi connectivity index (χ4n) is 2.12. The van der Waals surface area contributed by atoms with E-state index in [1.54, 1.807) is 30.3 Å². The van der Waals surface area contributed by atoms with Crippen molar-refractivity contribution in [2.45, 2.75) is 37.6 Å². The zero-order valence-electron chi connectivity index (χ0n) is 12.7. The van der Waals surface area contributed by atoms with Crippen LogP contribution < -0.4 is 4.72 Å². The van der Waals surface area contributed by atoms with E-state index in [0.29, 0.717) is 10.9 Å². The Bertz CT molecular complexity index is 727. The van der Waals surface area contributed by atoms with Crippen molar-refractivity contribution in [3.05, 3.63) is 64.7 Å². The molecule has 5 heteroatoms. The molecule has 3 nitrogen and oxygen atoms in total. The second-order valence-corrected chi connectivity index (χ2v) is 7.54. The summed E-state index contributed by atoms with van der Waals surface area (Å²) in [7, 11) is -3.51. The summed E-state index contributed by atoms with van der Waals surface area (Å²) < 4.78 is 27.2. The lowest BCUT2D eigenvalue weighted by molar-refractivity contribution is 0.581. The topological polar surface area (TPSA) is 46.2 Å². The number of sulfonamides is 1. The molecule has 0 aliphatic heterocycles. The Kier molecular flexibility index (Phi) is 5.62. The van der Waals surface area contributed by atoms with E-state index in [4.69, 9.17) is 11.6 Å². The molecule has 0 spiro atoms. The average Bonchev–Trinajstić information content (AvgIpc) is 2.52. The number of nitrogens with one attached hydrogen (secondary N) is 1. The van der Waals surface area contributed by atoms with Crippen molar-refractivity contribution in [3.63, 3.8) is 0 Å². The van der Waals surface area contributed by atoms with Gasteiger partial charge in [0.05, 0.1) is 4.90 Å². The molecule has 0 heterocycles. The molecule has 0 saturated heterocycles. The second-order valence-electron chi connectivity index (χ2n) is 5.33. The van der Waals surface area contributed by atoms with E-state index in [1.807, 2.05) is 18.2 Å². The summed E-state index contributed by atoms with van der Waals surface area (Å²) in [6.45, 7) is 4.46. The summed E-state index contributed by atoms with van der Waals surface area (Å²) in [5, 5.41) is 0.592. The van der Waals surface area contributed by atoms with Crippen LogP contribution in [0.4, 0.5) is 0 Å². The van der Waals surface area contributed by atoms with Gasteiger partial charge in [0.25, 0.3) is 0 Å². The molecule has 22 heavy (non-hydrogen) atoms. The number of hydrogen-bond acceptors (Lipinski definition) is 2. The first-order valence-corrected chi connectivity index (χ1v) is 9.12. The predicted octanol–water partition coefficient (Wildman–Crippen LogP) is 4.33. The summed E-state index contributed by atoms with van der Waals surface area (Å²) in [4.78, 5) is 0.279. The van der Waals surface area contributed by atoms with Gasteiger partial charge in [-0.3, -0.25) is 0 Å². The molecule has 0 amide bonds. The van der Waals surface area contributed by atoms with E-state index in [-0.39, 0.29) is 11.4 Å². The van der Waals surface area contributed by atoms with Crippen LogP contribution in [0.5, 0.6) is 0 Å². The van der Waals surface area contributed by atoms with E-state index in [1.165, 1.54) is 0 Å². The lowest BCUT2D eigenvalue weighted by Crippen LogP contribution is -2.23. The van der Waals surface area contributed by atoms with Gasteiger partial charge < -0.3 is 0 Å². The smallest absolute Gasteiger partial charge is 0.207 e. The van der Waals surface area contributed by atoms with E-state index < -0.39 is 10.0 Å². The van der Waals surface area contributed by atoms with Crippen LogP contribution in [0.15, 0.2) is 53.4 Å². The van der Waals surface area contributed by atoms with E-state index in [2.05, 4.69) is 18.6 Å². The molecule has 0 bridgehead atoms. The van der Waals surface area contributed by atoms with Gasteiger partial charge in [-0.05, 0) is 47.7 Å². The maximum atomic E-state index is 12.3. The quantitative estimate of drug-likeness (QED) is 0.852. The van der Waals surface area contributed by atoms with E-state index >= 15 is 0 Å². The molecule has 0 saturated carbocycles. The Morgan fingerprint density at radius 3 is 2.41 bits per heavy atom. The predicted molar refractivity (Wildman–Crippen MR) is 90.6 cm³/mol. The van der Waals surface area contributed by atoms with Crippen LogP contribution >= 0.6 is 11.6 Å². The molecule has 0 aliphatic carbocycles. The third-order valence-corrected chi connectivity index (χ3v) is 5.38. The highest BCUT2D eigenvalue weighted by Crippen LogP contribution is 2.20. The van der Waals surface area contributed by atoms with Crippen LogP contribution in [0.3, 0.4) is 0 Å². The Balaban J connectivity index is 2.10. The number of halogens is 1.